The molecule has 2 atom stereocenters. The van der Waals surface area contributed by atoms with Gasteiger partial charge in [-0.3, -0.25) is 9.59 Å². The molecule has 11 heteroatoms. The van der Waals surface area contributed by atoms with Crippen LogP contribution in [0.4, 0.5) is 15.8 Å². The van der Waals surface area contributed by atoms with Crippen molar-refractivity contribution < 1.29 is 14.0 Å². The summed E-state index contributed by atoms with van der Waals surface area (Å²) in [5.41, 5.74) is 7.57. The predicted molar refractivity (Wildman–Crippen MR) is 141 cm³/mol. The molecule has 3 N–H and O–H groups in total. The Morgan fingerprint density at radius 1 is 0.914 bits per heavy atom. The lowest BCUT2D eigenvalue weighted by molar-refractivity contribution is -0.117. The number of benzene rings is 3. The van der Waals surface area contributed by atoms with Gasteiger partial charge in [0.1, 0.15) is 10.2 Å². The van der Waals surface area contributed by atoms with Gasteiger partial charge in [-0.2, -0.15) is 0 Å². The van der Waals surface area contributed by atoms with Crippen LogP contribution in [0.3, 0.4) is 0 Å². The standard InChI is InChI=1S/C24H15Cl6FN2O2/c25-14-3-2-12(9-13(14)19(34)7-10-5-16(27)22(32)17(28)6-10)33-23(35)21-20(24(21,29)30)11-1-4-18(31)15(26)8-11/h1-6,8-9,20-21H,7,32H2,(H,33,35). The van der Waals surface area contributed by atoms with E-state index in [-0.39, 0.29) is 43.5 Å². The van der Waals surface area contributed by atoms with Gasteiger partial charge in [-0.1, -0.05) is 52.5 Å². The molecular weight excluding hydrogens is 580 g/mol. The number of alkyl halides is 2. The lowest BCUT2D eigenvalue weighted by Gasteiger charge is -2.10. The normalized spacial score (nSPS) is 18.3. The van der Waals surface area contributed by atoms with Crippen molar-refractivity contribution in [2.75, 3.05) is 11.1 Å². The number of Topliss-reactive ketones (excluding diaryl/α,β-unsaturated/α-hetero) is 1. The van der Waals surface area contributed by atoms with Gasteiger partial charge in [0.05, 0.1) is 31.7 Å². The third-order valence-corrected chi connectivity index (χ3v) is 7.86. The number of halogens is 7. The molecule has 182 valence electrons. The van der Waals surface area contributed by atoms with Crippen LogP contribution >= 0.6 is 69.6 Å². The van der Waals surface area contributed by atoms with E-state index in [0.717, 1.165) is 0 Å². The molecule has 35 heavy (non-hydrogen) atoms. The van der Waals surface area contributed by atoms with Crippen molar-refractivity contribution in [3.63, 3.8) is 0 Å². The summed E-state index contributed by atoms with van der Waals surface area (Å²) < 4.78 is 12.1. The monoisotopic (exact) mass is 592 g/mol. The van der Waals surface area contributed by atoms with E-state index in [2.05, 4.69) is 5.32 Å². The Labute approximate surface area is 230 Å². The minimum atomic E-state index is -1.40. The Bertz CT molecular complexity index is 1340. The fraction of sp³-hybridized carbons (Fsp3) is 0.167. The van der Waals surface area contributed by atoms with Crippen LogP contribution in [-0.4, -0.2) is 16.0 Å². The quantitative estimate of drug-likeness (QED) is 0.173. The molecule has 0 aliphatic heterocycles. The maximum atomic E-state index is 13.5. The van der Waals surface area contributed by atoms with E-state index in [4.69, 9.17) is 75.3 Å². The molecule has 1 amide bonds. The smallest absolute Gasteiger partial charge is 0.231 e. The van der Waals surface area contributed by atoms with Crippen LogP contribution in [0.15, 0.2) is 48.5 Å². The summed E-state index contributed by atoms with van der Waals surface area (Å²) in [6.07, 6.45) is -0.0423. The number of nitrogens with two attached hydrogens (primary N) is 1. The number of nitrogens with one attached hydrogen (secondary N) is 1. The van der Waals surface area contributed by atoms with Crippen molar-refractivity contribution in [1.82, 2.24) is 0 Å². The number of ketones is 1. The average molecular weight is 595 g/mol. The summed E-state index contributed by atoms with van der Waals surface area (Å²) in [6.45, 7) is 0. The highest BCUT2D eigenvalue weighted by molar-refractivity contribution is 6.53. The van der Waals surface area contributed by atoms with E-state index in [1.807, 2.05) is 0 Å². The number of anilines is 2. The minimum Gasteiger partial charge on any atom is -0.396 e. The maximum Gasteiger partial charge on any atom is 0.231 e. The van der Waals surface area contributed by atoms with Gasteiger partial charge >= 0.3 is 0 Å². The van der Waals surface area contributed by atoms with E-state index < -0.39 is 27.9 Å². The first kappa shape index (κ1) is 26.3. The van der Waals surface area contributed by atoms with Crippen molar-refractivity contribution >= 4 is 92.7 Å². The zero-order valence-electron chi connectivity index (χ0n) is 17.5. The summed E-state index contributed by atoms with van der Waals surface area (Å²) in [7, 11) is 0. The van der Waals surface area contributed by atoms with Crippen molar-refractivity contribution in [2.24, 2.45) is 5.92 Å². The van der Waals surface area contributed by atoms with E-state index in [1.165, 1.54) is 30.3 Å². The molecule has 4 rings (SSSR count). The van der Waals surface area contributed by atoms with Crippen molar-refractivity contribution in [3.05, 3.63) is 91.1 Å². The fourth-order valence-corrected chi connectivity index (χ4v) is 5.60. The summed E-state index contributed by atoms with van der Waals surface area (Å²) in [4.78, 5) is 25.9. The first-order valence-corrected chi connectivity index (χ1v) is 12.4. The van der Waals surface area contributed by atoms with Crippen LogP contribution in [0, 0.1) is 11.7 Å². The van der Waals surface area contributed by atoms with Crippen LogP contribution in [0.1, 0.15) is 27.4 Å². The molecule has 3 aromatic rings. The largest absolute Gasteiger partial charge is 0.396 e. The number of nitrogen functional groups attached to an aromatic ring is 1. The molecule has 4 nitrogen and oxygen atoms in total. The molecule has 1 aliphatic carbocycles. The number of rotatable bonds is 6. The summed E-state index contributed by atoms with van der Waals surface area (Å²) in [6, 6.07) is 11.7. The highest BCUT2D eigenvalue weighted by atomic mass is 35.5. The minimum absolute atomic E-state index is 0.0423. The van der Waals surface area contributed by atoms with Gasteiger partial charge in [0.15, 0.2) is 5.78 Å². The number of hydrogen-bond donors (Lipinski definition) is 2. The molecule has 0 heterocycles. The Morgan fingerprint density at radius 2 is 1.57 bits per heavy atom. The van der Waals surface area contributed by atoms with Crippen LogP contribution in [0.2, 0.25) is 20.1 Å². The van der Waals surface area contributed by atoms with Gasteiger partial charge in [0.25, 0.3) is 0 Å². The van der Waals surface area contributed by atoms with Crippen LogP contribution in [0.25, 0.3) is 0 Å². The molecule has 1 saturated carbocycles. The van der Waals surface area contributed by atoms with Gasteiger partial charge in [-0.15, -0.1) is 23.2 Å². The van der Waals surface area contributed by atoms with Crippen LogP contribution in [-0.2, 0) is 11.2 Å². The molecular formula is C24H15Cl6FN2O2. The second-order valence-corrected chi connectivity index (χ2v) is 11.1. The molecule has 0 aromatic heterocycles. The van der Waals surface area contributed by atoms with E-state index in [9.17, 15) is 14.0 Å². The summed E-state index contributed by atoms with van der Waals surface area (Å²) >= 11 is 36.9. The second-order valence-electron chi connectivity index (χ2n) is 8.06. The highest BCUT2D eigenvalue weighted by Gasteiger charge is 2.67. The number of amides is 1. The first-order valence-electron chi connectivity index (χ1n) is 10.1. The third-order valence-electron chi connectivity index (χ3n) is 5.68. The Kier molecular flexibility index (Phi) is 7.50. The van der Waals surface area contributed by atoms with Crippen LogP contribution < -0.4 is 11.1 Å². The first-order chi connectivity index (χ1) is 16.4. The van der Waals surface area contributed by atoms with Gasteiger partial charge < -0.3 is 11.1 Å². The third kappa shape index (κ3) is 5.36. The summed E-state index contributed by atoms with van der Waals surface area (Å²) in [5, 5.41) is 3.29. The molecule has 0 radical (unpaired) electrons. The van der Waals surface area contributed by atoms with Crippen LogP contribution in [0.5, 0.6) is 0 Å². The fourth-order valence-electron chi connectivity index (χ4n) is 3.83. The van der Waals surface area contributed by atoms with Crippen molar-refractivity contribution in [1.29, 1.82) is 0 Å². The zero-order valence-corrected chi connectivity index (χ0v) is 22.1. The highest BCUT2D eigenvalue weighted by Crippen LogP contribution is 2.65. The molecule has 0 spiro atoms. The lowest BCUT2D eigenvalue weighted by atomic mass is 10.0. The average Bonchev–Trinajstić information content (AvgIpc) is 3.37. The molecule has 3 aromatic carbocycles. The second kappa shape index (κ2) is 9.97. The van der Waals surface area contributed by atoms with Crippen molar-refractivity contribution in [3.8, 4) is 0 Å². The number of carbonyl (C=O) groups is 2. The molecule has 1 aliphatic rings. The van der Waals surface area contributed by atoms with Gasteiger partial charge in [-0.05, 0) is 53.6 Å². The van der Waals surface area contributed by atoms with E-state index in [0.29, 0.717) is 16.8 Å². The topological polar surface area (TPSA) is 72.2 Å². The predicted octanol–water partition coefficient (Wildman–Crippen LogP) is 7.97. The lowest BCUT2D eigenvalue weighted by Crippen LogP contribution is -2.17. The molecule has 0 saturated heterocycles. The number of hydrogen-bond acceptors (Lipinski definition) is 3. The van der Waals surface area contributed by atoms with Crippen molar-refractivity contribution in [2.45, 2.75) is 16.7 Å². The molecule has 2 unspecified atom stereocenters. The SMILES string of the molecule is Nc1c(Cl)cc(CC(=O)c2cc(NC(=O)C3C(c4ccc(F)c(Cl)c4)C3(Cl)Cl)ccc2Cl)cc1Cl. The van der Waals surface area contributed by atoms with Gasteiger partial charge in [0.2, 0.25) is 5.91 Å². The molecule has 0 bridgehead atoms. The van der Waals surface area contributed by atoms with E-state index in [1.54, 1.807) is 18.2 Å². The zero-order chi connectivity index (χ0) is 25.7. The van der Waals surface area contributed by atoms with Gasteiger partial charge in [0, 0.05) is 23.6 Å². The Balaban J connectivity index is 1.51. The van der Waals surface area contributed by atoms with E-state index >= 15 is 0 Å². The molecule has 1 fully saturated rings. The Hall–Kier alpha value is -1.73. The maximum absolute atomic E-state index is 13.5. The van der Waals surface area contributed by atoms with Gasteiger partial charge in [-0.25, -0.2) is 4.39 Å². The summed E-state index contributed by atoms with van der Waals surface area (Å²) in [5.74, 6) is -2.79. The Morgan fingerprint density at radius 3 is 2.20 bits per heavy atom. The number of carbonyl (C=O) groups excluding carboxylic acids is 2.